The van der Waals surface area contributed by atoms with Gasteiger partial charge < -0.3 is 11.1 Å². The molecule has 0 spiro atoms. The fourth-order valence-electron chi connectivity index (χ4n) is 2.33. The molecule has 4 nitrogen and oxygen atoms in total. The van der Waals surface area contributed by atoms with Crippen LogP contribution in [0.25, 0.3) is 0 Å². The minimum Gasteiger partial charge on any atom is -0.348 e. The van der Waals surface area contributed by atoms with E-state index < -0.39 is 0 Å². The highest BCUT2D eigenvalue weighted by atomic mass is 79.9. The maximum atomic E-state index is 12.0. The van der Waals surface area contributed by atoms with Gasteiger partial charge in [-0.1, -0.05) is 28.1 Å². The van der Waals surface area contributed by atoms with Crippen molar-refractivity contribution in [1.82, 2.24) is 10.2 Å². The van der Waals surface area contributed by atoms with Gasteiger partial charge in [-0.25, -0.2) is 0 Å². The van der Waals surface area contributed by atoms with Gasteiger partial charge in [-0.05, 0) is 31.0 Å². The molecule has 2 atom stereocenters. The fourth-order valence-corrected chi connectivity index (χ4v) is 2.60. The first-order valence-corrected chi connectivity index (χ1v) is 7.36. The van der Waals surface area contributed by atoms with Gasteiger partial charge in [0.15, 0.2) is 0 Å². The molecule has 2 unspecified atom stereocenters. The van der Waals surface area contributed by atoms with E-state index in [1.165, 1.54) is 0 Å². The topological polar surface area (TPSA) is 58.4 Å². The zero-order chi connectivity index (χ0) is 13.8. The Labute approximate surface area is 122 Å². The summed E-state index contributed by atoms with van der Waals surface area (Å²) >= 11 is 3.40. The summed E-state index contributed by atoms with van der Waals surface area (Å²) in [5.74, 6) is 0.0597. The summed E-state index contributed by atoms with van der Waals surface area (Å²) in [7, 11) is 0. The van der Waals surface area contributed by atoms with Crippen LogP contribution in [0.3, 0.4) is 0 Å². The van der Waals surface area contributed by atoms with Crippen LogP contribution in [0.1, 0.15) is 24.9 Å². The predicted molar refractivity (Wildman–Crippen MR) is 79.7 cm³/mol. The molecule has 3 N–H and O–H groups in total. The molecule has 1 aliphatic heterocycles. The Kier molecular flexibility index (Phi) is 4.96. The summed E-state index contributed by atoms with van der Waals surface area (Å²) in [4.78, 5) is 14.1. The van der Waals surface area contributed by atoms with Crippen LogP contribution in [0.15, 0.2) is 28.7 Å². The second kappa shape index (κ2) is 6.50. The molecule has 0 aromatic heterocycles. The lowest BCUT2D eigenvalue weighted by atomic mass is 10.1. The van der Waals surface area contributed by atoms with Crippen LogP contribution >= 0.6 is 15.9 Å². The molecule has 0 aliphatic carbocycles. The molecule has 5 heteroatoms. The van der Waals surface area contributed by atoms with Crippen molar-refractivity contribution in [1.29, 1.82) is 0 Å². The van der Waals surface area contributed by atoms with Gasteiger partial charge in [0.25, 0.3) is 0 Å². The Morgan fingerprint density at radius 1 is 1.53 bits per heavy atom. The highest BCUT2D eigenvalue weighted by molar-refractivity contribution is 9.10. The summed E-state index contributed by atoms with van der Waals surface area (Å²) in [6.07, 6.45) is 0.982. The number of carbonyl (C=O) groups excluding carboxylic acids is 1. The van der Waals surface area contributed by atoms with Crippen LogP contribution in [0.5, 0.6) is 0 Å². The van der Waals surface area contributed by atoms with Crippen LogP contribution < -0.4 is 11.1 Å². The molecule has 1 aromatic carbocycles. The summed E-state index contributed by atoms with van der Waals surface area (Å²) in [6.45, 7) is 4.17. The van der Waals surface area contributed by atoms with E-state index in [-0.39, 0.29) is 18.0 Å². The molecule has 1 fully saturated rings. The third kappa shape index (κ3) is 4.30. The summed E-state index contributed by atoms with van der Waals surface area (Å²) < 4.78 is 1.04. The molecule has 1 amide bonds. The number of likely N-dealkylation sites (tertiary alicyclic amines) is 1. The largest absolute Gasteiger partial charge is 0.348 e. The molecule has 1 saturated heterocycles. The van der Waals surface area contributed by atoms with Gasteiger partial charge in [0.1, 0.15) is 0 Å². The quantitative estimate of drug-likeness (QED) is 0.885. The number of hydrogen-bond acceptors (Lipinski definition) is 3. The lowest BCUT2D eigenvalue weighted by molar-refractivity contribution is -0.122. The molecule has 104 valence electrons. The first kappa shape index (κ1) is 14.5. The van der Waals surface area contributed by atoms with Crippen molar-refractivity contribution in [2.75, 3.05) is 19.6 Å². The van der Waals surface area contributed by atoms with Gasteiger partial charge in [-0.3, -0.25) is 9.69 Å². The number of nitrogens with zero attached hydrogens (tertiary/aromatic N) is 1. The van der Waals surface area contributed by atoms with Crippen LogP contribution in [0.4, 0.5) is 0 Å². The highest BCUT2D eigenvalue weighted by Crippen LogP contribution is 2.16. The van der Waals surface area contributed by atoms with Gasteiger partial charge in [-0.2, -0.15) is 0 Å². The molecule has 1 heterocycles. The number of hydrogen-bond donors (Lipinski definition) is 2. The van der Waals surface area contributed by atoms with E-state index in [4.69, 9.17) is 5.73 Å². The second-order valence-electron chi connectivity index (χ2n) is 5.12. The first-order valence-electron chi connectivity index (χ1n) is 6.57. The molecular weight excluding hydrogens is 306 g/mol. The number of rotatable bonds is 4. The van der Waals surface area contributed by atoms with Crippen molar-refractivity contribution in [3.05, 3.63) is 34.3 Å². The normalized spacial score (nSPS) is 21.3. The van der Waals surface area contributed by atoms with Gasteiger partial charge in [0.05, 0.1) is 12.6 Å². The van der Waals surface area contributed by atoms with E-state index in [1.54, 1.807) is 0 Å². The molecule has 2 rings (SSSR count). The standard InChI is InChI=1S/C14H20BrN3O/c1-10(11-2-4-12(15)5-3-11)17-14(19)9-18-7-6-13(16)8-18/h2-5,10,13H,6-9,16H2,1H3,(H,17,19). The second-order valence-corrected chi connectivity index (χ2v) is 6.04. The molecule has 19 heavy (non-hydrogen) atoms. The van der Waals surface area contributed by atoms with Crippen molar-refractivity contribution < 1.29 is 4.79 Å². The minimum atomic E-state index is 0.0249. The zero-order valence-electron chi connectivity index (χ0n) is 11.1. The molecule has 0 bridgehead atoms. The van der Waals surface area contributed by atoms with Crippen LogP contribution in [0, 0.1) is 0 Å². The van der Waals surface area contributed by atoms with E-state index in [2.05, 4.69) is 26.1 Å². The Bertz CT molecular complexity index is 435. The van der Waals surface area contributed by atoms with Crippen molar-refractivity contribution in [2.45, 2.75) is 25.4 Å². The van der Waals surface area contributed by atoms with Crippen molar-refractivity contribution in [2.24, 2.45) is 5.73 Å². The monoisotopic (exact) mass is 325 g/mol. The number of benzene rings is 1. The highest BCUT2D eigenvalue weighted by Gasteiger charge is 2.21. The average Bonchev–Trinajstić information content (AvgIpc) is 2.75. The van der Waals surface area contributed by atoms with E-state index in [0.29, 0.717) is 6.54 Å². The number of nitrogens with one attached hydrogen (secondary N) is 1. The maximum Gasteiger partial charge on any atom is 0.234 e. The summed E-state index contributed by atoms with van der Waals surface area (Å²) in [5, 5.41) is 3.02. The van der Waals surface area contributed by atoms with Crippen LogP contribution in [0.2, 0.25) is 0 Å². The Balaban J connectivity index is 1.83. The predicted octanol–water partition coefficient (Wildman–Crippen LogP) is 1.66. The maximum absolute atomic E-state index is 12.0. The van der Waals surface area contributed by atoms with E-state index >= 15 is 0 Å². The molecule has 1 aromatic rings. The Morgan fingerprint density at radius 3 is 2.79 bits per heavy atom. The van der Waals surface area contributed by atoms with Crippen molar-refractivity contribution >= 4 is 21.8 Å². The molecular formula is C14H20BrN3O. The van der Waals surface area contributed by atoms with E-state index in [1.807, 2.05) is 31.2 Å². The van der Waals surface area contributed by atoms with Crippen LogP contribution in [-0.4, -0.2) is 36.5 Å². The third-order valence-electron chi connectivity index (χ3n) is 3.42. The number of halogens is 1. The average molecular weight is 326 g/mol. The molecule has 0 radical (unpaired) electrons. The first-order chi connectivity index (χ1) is 9.04. The van der Waals surface area contributed by atoms with Crippen molar-refractivity contribution in [3.8, 4) is 0 Å². The van der Waals surface area contributed by atoms with Crippen LogP contribution in [-0.2, 0) is 4.79 Å². The fraction of sp³-hybridized carbons (Fsp3) is 0.500. The van der Waals surface area contributed by atoms with E-state index in [9.17, 15) is 4.79 Å². The summed E-state index contributed by atoms with van der Waals surface area (Å²) in [5.41, 5.74) is 6.94. The third-order valence-corrected chi connectivity index (χ3v) is 3.95. The van der Waals surface area contributed by atoms with Gasteiger partial charge >= 0.3 is 0 Å². The SMILES string of the molecule is CC(NC(=O)CN1CCC(N)C1)c1ccc(Br)cc1. The van der Waals surface area contributed by atoms with Crippen molar-refractivity contribution in [3.63, 3.8) is 0 Å². The Morgan fingerprint density at radius 2 is 2.21 bits per heavy atom. The number of nitrogens with two attached hydrogens (primary N) is 1. The van der Waals surface area contributed by atoms with E-state index in [0.717, 1.165) is 29.5 Å². The number of carbonyl (C=O) groups is 1. The lowest BCUT2D eigenvalue weighted by Crippen LogP contribution is -2.38. The lowest BCUT2D eigenvalue weighted by Gasteiger charge is -2.18. The number of amides is 1. The molecule has 0 saturated carbocycles. The van der Waals surface area contributed by atoms with Gasteiger partial charge in [-0.15, -0.1) is 0 Å². The Hall–Kier alpha value is -0.910. The minimum absolute atomic E-state index is 0.0249. The van der Waals surface area contributed by atoms with Gasteiger partial charge in [0, 0.05) is 23.6 Å². The zero-order valence-corrected chi connectivity index (χ0v) is 12.7. The summed E-state index contributed by atoms with van der Waals surface area (Å²) in [6, 6.07) is 8.24. The van der Waals surface area contributed by atoms with Gasteiger partial charge in [0.2, 0.25) is 5.91 Å². The smallest absolute Gasteiger partial charge is 0.234 e. The molecule has 1 aliphatic rings.